The van der Waals surface area contributed by atoms with Crippen molar-refractivity contribution in [2.24, 2.45) is 0 Å². The van der Waals surface area contributed by atoms with Crippen LogP contribution in [0.3, 0.4) is 0 Å². The van der Waals surface area contributed by atoms with Gasteiger partial charge in [0.1, 0.15) is 0 Å². The van der Waals surface area contributed by atoms with Crippen LogP contribution in [0.15, 0.2) is 41.8 Å². The van der Waals surface area contributed by atoms with Gasteiger partial charge in [-0.1, -0.05) is 18.2 Å². The molecule has 0 saturated heterocycles. The van der Waals surface area contributed by atoms with E-state index in [4.69, 9.17) is 4.18 Å². The summed E-state index contributed by atoms with van der Waals surface area (Å²) in [4.78, 5) is 0.874. The molecule has 1 aromatic heterocycles. The second-order valence-electron chi connectivity index (χ2n) is 3.41. The van der Waals surface area contributed by atoms with Crippen molar-refractivity contribution in [1.82, 2.24) is 4.72 Å². The summed E-state index contributed by atoms with van der Waals surface area (Å²) in [7, 11) is -3.94. The van der Waals surface area contributed by atoms with E-state index >= 15 is 0 Å². The summed E-state index contributed by atoms with van der Waals surface area (Å²) >= 11 is 1.44. The van der Waals surface area contributed by atoms with Crippen LogP contribution >= 0.6 is 11.3 Å². The van der Waals surface area contributed by atoms with Crippen LogP contribution in [-0.2, 0) is 16.8 Å². The maximum Gasteiger partial charge on any atom is 0.383 e. The Bertz CT molecular complexity index is 608. The fraction of sp³-hybridized carbons (Fsp3) is 0.0909. The van der Waals surface area contributed by atoms with Crippen LogP contribution in [0.4, 0.5) is 0 Å². The Morgan fingerprint density at radius 3 is 2.67 bits per heavy atom. The van der Waals surface area contributed by atoms with Crippen LogP contribution < -0.4 is 8.91 Å². The minimum atomic E-state index is -3.94. The highest BCUT2D eigenvalue weighted by Crippen LogP contribution is 2.25. The molecule has 0 unspecified atom stereocenters. The predicted molar refractivity (Wildman–Crippen MR) is 68.8 cm³/mol. The average molecular weight is 285 g/mol. The van der Waals surface area contributed by atoms with E-state index in [1.54, 1.807) is 12.1 Å². The minimum absolute atomic E-state index is 0.101. The summed E-state index contributed by atoms with van der Waals surface area (Å²) in [5.74, 6) is -0.324. The molecule has 7 heteroatoms. The fourth-order valence-corrected chi connectivity index (χ4v) is 2.75. The van der Waals surface area contributed by atoms with Gasteiger partial charge in [-0.25, -0.2) is 0 Å². The van der Waals surface area contributed by atoms with E-state index in [0.717, 1.165) is 4.88 Å². The highest BCUT2D eigenvalue weighted by molar-refractivity contribution is 7.85. The number of thiophene rings is 1. The average Bonchev–Trinajstić information content (AvgIpc) is 2.83. The highest BCUT2D eigenvalue weighted by Gasteiger charge is 2.14. The van der Waals surface area contributed by atoms with Gasteiger partial charge >= 0.3 is 10.3 Å². The normalized spacial score (nSPS) is 11.3. The molecule has 2 N–H and O–H groups in total. The molecule has 0 aliphatic heterocycles. The Balaban J connectivity index is 2.02. The summed E-state index contributed by atoms with van der Waals surface area (Å²) in [6, 6.07) is 9.52. The maximum atomic E-state index is 11.6. The van der Waals surface area contributed by atoms with E-state index in [0.29, 0.717) is 0 Å². The molecular formula is C11H11NO4S2. The zero-order chi connectivity index (χ0) is 13.0. The van der Waals surface area contributed by atoms with Crippen LogP contribution in [0, 0.1) is 0 Å². The highest BCUT2D eigenvalue weighted by atomic mass is 32.2. The molecule has 5 nitrogen and oxygen atoms in total. The van der Waals surface area contributed by atoms with Gasteiger partial charge in [0.25, 0.3) is 0 Å². The predicted octanol–water partition coefficient (Wildman–Crippen LogP) is 1.87. The number of aromatic hydroxyl groups is 1. The standard InChI is InChI=1S/C11H11NO4S2/c13-10-5-1-2-6-11(10)16-18(14,15)12-8-9-4-3-7-17-9/h1-7,12-13H,8H2. The first-order chi connectivity index (χ1) is 8.57. The lowest BCUT2D eigenvalue weighted by atomic mass is 10.3. The largest absolute Gasteiger partial charge is 0.504 e. The number of benzene rings is 1. The van der Waals surface area contributed by atoms with E-state index in [1.807, 2.05) is 17.5 Å². The lowest BCUT2D eigenvalue weighted by Crippen LogP contribution is -2.27. The Hall–Kier alpha value is -1.57. The van der Waals surface area contributed by atoms with Crippen molar-refractivity contribution in [3.8, 4) is 11.5 Å². The van der Waals surface area contributed by atoms with Gasteiger partial charge in [-0.2, -0.15) is 13.1 Å². The molecule has 0 bridgehead atoms. The van der Waals surface area contributed by atoms with Gasteiger partial charge in [0.05, 0.1) is 0 Å². The maximum absolute atomic E-state index is 11.6. The number of nitrogens with one attached hydrogen (secondary N) is 1. The van der Waals surface area contributed by atoms with E-state index in [1.165, 1.54) is 23.5 Å². The molecule has 0 spiro atoms. The van der Waals surface area contributed by atoms with Crippen LogP contribution in [-0.4, -0.2) is 13.5 Å². The van der Waals surface area contributed by atoms with E-state index < -0.39 is 10.3 Å². The Morgan fingerprint density at radius 2 is 2.00 bits per heavy atom. The molecule has 0 aliphatic carbocycles. The van der Waals surface area contributed by atoms with Crippen LogP contribution in [0.1, 0.15) is 4.88 Å². The molecule has 18 heavy (non-hydrogen) atoms. The zero-order valence-electron chi connectivity index (χ0n) is 9.24. The summed E-state index contributed by atoms with van der Waals surface area (Å²) in [5, 5.41) is 11.3. The van der Waals surface area contributed by atoms with E-state index in [2.05, 4.69) is 4.72 Å². The fourth-order valence-electron chi connectivity index (χ4n) is 1.25. The SMILES string of the molecule is O=S(=O)(NCc1cccs1)Oc1ccccc1O. The molecule has 96 valence electrons. The molecule has 0 atom stereocenters. The van der Waals surface area contributed by atoms with Crippen molar-refractivity contribution in [3.05, 3.63) is 46.7 Å². The number of hydrogen-bond donors (Lipinski definition) is 2. The molecule has 0 radical (unpaired) electrons. The van der Waals surface area contributed by atoms with E-state index in [-0.39, 0.29) is 18.0 Å². The third-order valence-electron chi connectivity index (χ3n) is 2.07. The molecule has 0 fully saturated rings. The van der Waals surface area contributed by atoms with Gasteiger partial charge in [0.15, 0.2) is 11.5 Å². The Kier molecular flexibility index (Phi) is 3.85. The van der Waals surface area contributed by atoms with Crippen molar-refractivity contribution in [2.45, 2.75) is 6.54 Å². The molecular weight excluding hydrogens is 274 g/mol. The first-order valence-corrected chi connectivity index (χ1v) is 7.35. The monoisotopic (exact) mass is 285 g/mol. The van der Waals surface area contributed by atoms with Gasteiger partial charge in [0, 0.05) is 11.4 Å². The van der Waals surface area contributed by atoms with Gasteiger partial charge in [-0.05, 0) is 23.6 Å². The van der Waals surface area contributed by atoms with E-state index in [9.17, 15) is 13.5 Å². The Labute approximate surface area is 109 Å². The van der Waals surface area contributed by atoms with Crippen molar-refractivity contribution < 1.29 is 17.7 Å². The van der Waals surface area contributed by atoms with Crippen molar-refractivity contribution >= 4 is 21.6 Å². The van der Waals surface area contributed by atoms with Crippen LogP contribution in [0.25, 0.3) is 0 Å². The quantitative estimate of drug-likeness (QED) is 0.879. The lowest BCUT2D eigenvalue weighted by molar-refractivity contribution is 0.422. The van der Waals surface area contributed by atoms with Gasteiger partial charge in [-0.15, -0.1) is 11.3 Å². The number of phenols is 1. The summed E-state index contributed by atoms with van der Waals surface area (Å²) in [6.07, 6.45) is 0. The van der Waals surface area contributed by atoms with Gasteiger partial charge < -0.3 is 9.29 Å². The molecule has 2 aromatic rings. The van der Waals surface area contributed by atoms with Gasteiger partial charge in [-0.3, -0.25) is 0 Å². The number of phenolic OH excluding ortho intramolecular Hbond substituents is 1. The van der Waals surface area contributed by atoms with Crippen molar-refractivity contribution in [1.29, 1.82) is 0 Å². The van der Waals surface area contributed by atoms with Crippen molar-refractivity contribution in [2.75, 3.05) is 0 Å². The third kappa shape index (κ3) is 3.46. The Morgan fingerprint density at radius 1 is 1.22 bits per heavy atom. The first-order valence-electron chi connectivity index (χ1n) is 5.06. The van der Waals surface area contributed by atoms with Crippen LogP contribution in [0.2, 0.25) is 0 Å². The zero-order valence-corrected chi connectivity index (χ0v) is 10.9. The molecule has 0 amide bonds. The molecule has 0 aliphatic rings. The topological polar surface area (TPSA) is 75.6 Å². The summed E-state index contributed by atoms with van der Waals surface area (Å²) < 4.78 is 30.2. The van der Waals surface area contributed by atoms with Gasteiger partial charge in [0.2, 0.25) is 0 Å². The number of hydrogen-bond acceptors (Lipinski definition) is 5. The minimum Gasteiger partial charge on any atom is -0.504 e. The molecule has 2 rings (SSSR count). The lowest BCUT2D eigenvalue weighted by Gasteiger charge is -2.08. The first kappa shape index (κ1) is 12.9. The molecule has 0 saturated carbocycles. The van der Waals surface area contributed by atoms with Crippen LogP contribution in [0.5, 0.6) is 11.5 Å². The summed E-state index contributed by atoms with van der Waals surface area (Å²) in [5.41, 5.74) is 0. The second-order valence-corrected chi connectivity index (χ2v) is 5.80. The molecule has 1 heterocycles. The molecule has 1 aromatic carbocycles. The smallest absolute Gasteiger partial charge is 0.383 e. The van der Waals surface area contributed by atoms with Crippen molar-refractivity contribution in [3.63, 3.8) is 0 Å². The summed E-state index contributed by atoms with van der Waals surface area (Å²) in [6.45, 7) is 0.160. The number of para-hydroxylation sites is 2. The number of rotatable bonds is 5. The second kappa shape index (κ2) is 5.38. The third-order valence-corrected chi connectivity index (χ3v) is 3.84.